The van der Waals surface area contributed by atoms with E-state index in [4.69, 9.17) is 16.7 Å². The van der Waals surface area contributed by atoms with E-state index in [2.05, 4.69) is 31.3 Å². The van der Waals surface area contributed by atoms with Crippen LogP contribution in [0.3, 0.4) is 0 Å². The smallest absolute Gasteiger partial charge is 0.0876 e. The fourth-order valence-corrected chi connectivity index (χ4v) is 2.61. The molecule has 0 atom stereocenters. The Kier molecular flexibility index (Phi) is 3.81. The maximum Gasteiger partial charge on any atom is 0.0876 e. The molecule has 0 spiro atoms. The number of nitrogens with zero attached hydrogens (tertiary/aromatic N) is 2. The molecule has 1 aliphatic carbocycles. The Hall–Kier alpha value is -1.32. The van der Waals surface area contributed by atoms with Crippen molar-refractivity contribution in [3.63, 3.8) is 0 Å². The molecule has 1 heterocycles. The number of halogens is 1. The lowest BCUT2D eigenvalue weighted by Crippen LogP contribution is -2.22. The molecule has 1 aliphatic rings. The quantitative estimate of drug-likeness (QED) is 0.905. The van der Waals surface area contributed by atoms with Crippen molar-refractivity contribution < 1.29 is 0 Å². The molecular formula is C16H20ClN3. The molecule has 1 aromatic heterocycles. The zero-order valence-electron chi connectivity index (χ0n) is 11.9. The van der Waals surface area contributed by atoms with Crippen LogP contribution in [0.5, 0.6) is 0 Å². The van der Waals surface area contributed by atoms with Gasteiger partial charge < -0.3 is 5.32 Å². The van der Waals surface area contributed by atoms with Crippen molar-refractivity contribution in [3.8, 4) is 5.69 Å². The fraction of sp³-hybridized carbons (Fsp3) is 0.438. The molecule has 0 radical (unpaired) electrons. The van der Waals surface area contributed by atoms with E-state index in [0.717, 1.165) is 17.3 Å². The van der Waals surface area contributed by atoms with Gasteiger partial charge >= 0.3 is 0 Å². The number of hydrogen-bond acceptors (Lipinski definition) is 2. The fourth-order valence-electron chi connectivity index (χ4n) is 2.33. The van der Waals surface area contributed by atoms with E-state index in [9.17, 15) is 0 Å². The molecule has 3 nitrogen and oxygen atoms in total. The third-order valence-corrected chi connectivity index (χ3v) is 3.91. The molecule has 0 amide bonds. The first-order valence-electron chi connectivity index (χ1n) is 7.22. The summed E-state index contributed by atoms with van der Waals surface area (Å²) in [5.74, 6) is 0.663. The van der Waals surface area contributed by atoms with Gasteiger partial charge in [-0.15, -0.1) is 0 Å². The second-order valence-electron chi connectivity index (χ2n) is 5.74. The lowest BCUT2D eigenvalue weighted by atomic mass is 10.1. The first kappa shape index (κ1) is 13.7. The largest absolute Gasteiger partial charge is 0.310 e. The van der Waals surface area contributed by atoms with E-state index < -0.39 is 0 Å². The van der Waals surface area contributed by atoms with Gasteiger partial charge in [0, 0.05) is 24.7 Å². The predicted molar refractivity (Wildman–Crippen MR) is 82.5 cm³/mol. The Morgan fingerprint density at radius 2 is 2.15 bits per heavy atom. The molecule has 4 heteroatoms. The van der Waals surface area contributed by atoms with Crippen LogP contribution in [-0.4, -0.2) is 15.8 Å². The van der Waals surface area contributed by atoms with Crippen LogP contribution in [0.1, 0.15) is 43.9 Å². The highest BCUT2D eigenvalue weighted by Crippen LogP contribution is 2.39. The van der Waals surface area contributed by atoms with Crippen molar-refractivity contribution in [2.45, 2.75) is 45.2 Å². The first-order chi connectivity index (χ1) is 9.65. The molecule has 106 valence electrons. The van der Waals surface area contributed by atoms with Gasteiger partial charge in [0.05, 0.1) is 16.4 Å². The second kappa shape index (κ2) is 5.58. The van der Waals surface area contributed by atoms with Gasteiger partial charge in [-0.05, 0) is 30.5 Å². The summed E-state index contributed by atoms with van der Waals surface area (Å²) < 4.78 is 1.92. The highest BCUT2D eigenvalue weighted by Gasteiger charge is 2.26. The maximum atomic E-state index is 6.40. The zero-order valence-corrected chi connectivity index (χ0v) is 12.7. The van der Waals surface area contributed by atoms with Crippen LogP contribution in [-0.2, 0) is 6.54 Å². The third-order valence-electron chi connectivity index (χ3n) is 3.61. The van der Waals surface area contributed by atoms with E-state index in [0.29, 0.717) is 12.0 Å². The average Bonchev–Trinajstić information content (AvgIpc) is 3.15. The molecular weight excluding hydrogens is 270 g/mol. The van der Waals surface area contributed by atoms with Crippen LogP contribution in [0, 0.1) is 0 Å². The van der Waals surface area contributed by atoms with Crippen LogP contribution in [0.4, 0.5) is 0 Å². The number of nitrogens with one attached hydrogen (secondary N) is 1. The van der Waals surface area contributed by atoms with Crippen LogP contribution < -0.4 is 5.32 Å². The van der Waals surface area contributed by atoms with Gasteiger partial charge in [-0.3, -0.25) is 0 Å². The van der Waals surface area contributed by atoms with E-state index in [-0.39, 0.29) is 0 Å². The molecule has 0 unspecified atom stereocenters. The lowest BCUT2D eigenvalue weighted by Gasteiger charge is -2.14. The normalized spacial score (nSPS) is 15.0. The Bertz CT molecular complexity index is 600. The maximum absolute atomic E-state index is 6.40. The molecule has 1 N–H and O–H groups in total. The van der Waals surface area contributed by atoms with Gasteiger partial charge in [0.15, 0.2) is 0 Å². The summed E-state index contributed by atoms with van der Waals surface area (Å²) >= 11 is 6.40. The summed E-state index contributed by atoms with van der Waals surface area (Å²) in [5, 5.41) is 8.89. The molecule has 0 saturated heterocycles. The van der Waals surface area contributed by atoms with Crippen LogP contribution in [0.2, 0.25) is 5.02 Å². The van der Waals surface area contributed by atoms with Crippen molar-refractivity contribution in [1.82, 2.24) is 15.1 Å². The van der Waals surface area contributed by atoms with Crippen molar-refractivity contribution in [1.29, 1.82) is 0 Å². The van der Waals surface area contributed by atoms with Crippen LogP contribution >= 0.6 is 11.6 Å². The third kappa shape index (κ3) is 2.89. The number of rotatable bonds is 5. The molecule has 1 saturated carbocycles. The number of aromatic nitrogens is 2. The first-order valence-corrected chi connectivity index (χ1v) is 7.59. The summed E-state index contributed by atoms with van der Waals surface area (Å²) in [5.41, 5.74) is 3.36. The van der Waals surface area contributed by atoms with Gasteiger partial charge in [0.2, 0.25) is 0 Å². The average molecular weight is 290 g/mol. The lowest BCUT2D eigenvalue weighted by molar-refractivity contribution is 0.586. The number of para-hydroxylation sites is 1. The molecule has 0 bridgehead atoms. The number of hydrogen-bond donors (Lipinski definition) is 1. The predicted octanol–water partition coefficient (Wildman–Crippen LogP) is 3.90. The van der Waals surface area contributed by atoms with Gasteiger partial charge in [-0.2, -0.15) is 5.10 Å². The van der Waals surface area contributed by atoms with Crippen molar-refractivity contribution in [2.75, 3.05) is 0 Å². The second-order valence-corrected chi connectivity index (χ2v) is 6.15. The van der Waals surface area contributed by atoms with E-state index in [1.54, 1.807) is 0 Å². The minimum atomic E-state index is 0.446. The topological polar surface area (TPSA) is 29.9 Å². The summed E-state index contributed by atoms with van der Waals surface area (Å²) in [7, 11) is 0. The Balaban J connectivity index is 1.93. The molecule has 2 aromatic rings. The molecule has 3 rings (SSSR count). The zero-order chi connectivity index (χ0) is 14.1. The van der Waals surface area contributed by atoms with Gasteiger partial charge in [0.1, 0.15) is 0 Å². The van der Waals surface area contributed by atoms with Crippen molar-refractivity contribution >= 4 is 11.6 Å². The SMILES string of the molecule is CC(C)NCc1cccc(Cl)c1-n1ccc(C2CC2)n1. The van der Waals surface area contributed by atoms with E-state index >= 15 is 0 Å². The molecule has 0 aliphatic heterocycles. The number of benzene rings is 1. The summed E-state index contributed by atoms with van der Waals surface area (Å²) in [6, 6.07) is 8.58. The summed E-state index contributed by atoms with van der Waals surface area (Å²) in [4.78, 5) is 0. The summed E-state index contributed by atoms with van der Waals surface area (Å²) in [6.45, 7) is 5.08. The van der Waals surface area contributed by atoms with Gasteiger partial charge in [-0.1, -0.05) is 37.6 Å². The van der Waals surface area contributed by atoms with E-state index in [1.165, 1.54) is 24.1 Å². The molecule has 1 aromatic carbocycles. The minimum Gasteiger partial charge on any atom is -0.310 e. The van der Waals surface area contributed by atoms with Crippen molar-refractivity contribution in [2.24, 2.45) is 0 Å². The van der Waals surface area contributed by atoms with Crippen LogP contribution in [0.15, 0.2) is 30.5 Å². The highest BCUT2D eigenvalue weighted by atomic mass is 35.5. The Morgan fingerprint density at radius 1 is 1.35 bits per heavy atom. The van der Waals surface area contributed by atoms with Crippen molar-refractivity contribution in [3.05, 3.63) is 46.7 Å². The molecule has 1 fully saturated rings. The monoisotopic (exact) mass is 289 g/mol. The summed E-state index contributed by atoms with van der Waals surface area (Å²) in [6.07, 6.45) is 4.55. The Labute approximate surface area is 124 Å². The standard InChI is InChI=1S/C16H20ClN3/c1-11(2)18-10-13-4-3-5-14(17)16(13)20-9-8-15(19-20)12-6-7-12/h3-5,8-9,11-12,18H,6-7,10H2,1-2H3. The van der Waals surface area contributed by atoms with Gasteiger partial charge in [0.25, 0.3) is 0 Å². The minimum absolute atomic E-state index is 0.446. The Morgan fingerprint density at radius 3 is 2.85 bits per heavy atom. The van der Waals surface area contributed by atoms with E-state index in [1.807, 2.05) is 23.0 Å². The molecule has 20 heavy (non-hydrogen) atoms. The van der Waals surface area contributed by atoms with Gasteiger partial charge in [-0.25, -0.2) is 4.68 Å². The van der Waals surface area contributed by atoms with Crippen LogP contribution in [0.25, 0.3) is 5.69 Å². The highest BCUT2D eigenvalue weighted by molar-refractivity contribution is 6.32.